The molecular formula is C17H18BrNO4. The molecule has 6 heteroatoms. The molecule has 0 spiro atoms. The quantitative estimate of drug-likeness (QED) is 0.809. The Morgan fingerprint density at radius 2 is 1.96 bits per heavy atom. The molecular weight excluding hydrogens is 362 g/mol. The maximum Gasteiger partial charge on any atom is 0.252 e. The van der Waals surface area contributed by atoms with E-state index in [0.717, 1.165) is 0 Å². The van der Waals surface area contributed by atoms with Gasteiger partial charge in [-0.3, -0.25) is 4.79 Å². The first-order valence-corrected chi connectivity index (χ1v) is 7.78. The van der Waals surface area contributed by atoms with E-state index in [1.807, 2.05) is 6.07 Å². The summed E-state index contributed by atoms with van der Waals surface area (Å²) in [6.45, 7) is 0.0592. The number of halogens is 1. The summed E-state index contributed by atoms with van der Waals surface area (Å²) >= 11 is 3.33. The summed E-state index contributed by atoms with van der Waals surface area (Å²) in [6.07, 6.45) is -0.911. The van der Waals surface area contributed by atoms with Crippen molar-refractivity contribution in [3.63, 3.8) is 0 Å². The van der Waals surface area contributed by atoms with Gasteiger partial charge in [0.2, 0.25) is 0 Å². The monoisotopic (exact) mass is 379 g/mol. The molecule has 0 heterocycles. The van der Waals surface area contributed by atoms with E-state index in [0.29, 0.717) is 27.1 Å². The molecule has 1 unspecified atom stereocenters. The van der Waals surface area contributed by atoms with Gasteiger partial charge in [-0.2, -0.15) is 0 Å². The third-order valence-electron chi connectivity index (χ3n) is 3.37. The number of ether oxygens (including phenoxy) is 2. The molecule has 0 aliphatic heterocycles. The number of benzene rings is 2. The summed E-state index contributed by atoms with van der Waals surface area (Å²) < 4.78 is 11.1. The summed E-state index contributed by atoms with van der Waals surface area (Å²) in [7, 11) is 3.07. The molecule has 0 aromatic heterocycles. The van der Waals surface area contributed by atoms with E-state index in [2.05, 4.69) is 21.2 Å². The summed E-state index contributed by atoms with van der Waals surface area (Å²) in [4.78, 5) is 12.2. The van der Waals surface area contributed by atoms with E-state index in [1.54, 1.807) is 43.5 Å². The minimum Gasteiger partial charge on any atom is -0.497 e. The fourth-order valence-corrected chi connectivity index (χ4v) is 2.60. The van der Waals surface area contributed by atoms with E-state index < -0.39 is 6.10 Å². The van der Waals surface area contributed by atoms with Gasteiger partial charge in [0.05, 0.1) is 19.8 Å². The molecule has 23 heavy (non-hydrogen) atoms. The van der Waals surface area contributed by atoms with Crippen molar-refractivity contribution < 1.29 is 19.4 Å². The number of hydrogen-bond donors (Lipinski definition) is 2. The number of carbonyl (C=O) groups is 1. The number of rotatable bonds is 6. The van der Waals surface area contributed by atoms with Crippen LogP contribution in [0.15, 0.2) is 46.9 Å². The third-order valence-corrected chi connectivity index (χ3v) is 4.06. The normalized spacial score (nSPS) is 11.7. The van der Waals surface area contributed by atoms with Crippen LogP contribution in [0.5, 0.6) is 11.5 Å². The Morgan fingerprint density at radius 3 is 2.61 bits per heavy atom. The van der Waals surface area contributed by atoms with Gasteiger partial charge in [-0.25, -0.2) is 0 Å². The van der Waals surface area contributed by atoms with Crippen molar-refractivity contribution in [2.75, 3.05) is 20.8 Å². The van der Waals surface area contributed by atoms with Gasteiger partial charge in [0.1, 0.15) is 17.6 Å². The zero-order chi connectivity index (χ0) is 16.8. The van der Waals surface area contributed by atoms with Crippen molar-refractivity contribution in [2.24, 2.45) is 0 Å². The first-order valence-electron chi connectivity index (χ1n) is 6.99. The van der Waals surface area contributed by atoms with Crippen LogP contribution in [-0.4, -0.2) is 31.8 Å². The Hall–Kier alpha value is -2.05. The standard InChI is InChI=1S/C17H18BrNO4/c1-22-11-7-8-16(23-2)13(9-11)15(20)10-19-17(21)12-5-3-4-6-14(12)18/h3-9,15,20H,10H2,1-2H3,(H,19,21). The molecule has 0 aliphatic carbocycles. The average Bonchev–Trinajstić information content (AvgIpc) is 2.59. The van der Waals surface area contributed by atoms with E-state index in [4.69, 9.17) is 9.47 Å². The first kappa shape index (κ1) is 17.3. The Morgan fingerprint density at radius 1 is 1.22 bits per heavy atom. The maximum absolute atomic E-state index is 12.2. The SMILES string of the molecule is COc1ccc(OC)c(C(O)CNC(=O)c2ccccc2Br)c1. The molecule has 0 fully saturated rings. The number of hydrogen-bond acceptors (Lipinski definition) is 4. The number of amides is 1. The molecule has 2 rings (SSSR count). The van der Waals surface area contributed by atoms with Crippen LogP contribution in [0.4, 0.5) is 0 Å². The van der Waals surface area contributed by atoms with Gasteiger partial charge in [0, 0.05) is 16.6 Å². The van der Waals surface area contributed by atoms with E-state index >= 15 is 0 Å². The lowest BCUT2D eigenvalue weighted by atomic mass is 10.1. The third kappa shape index (κ3) is 4.24. The zero-order valence-corrected chi connectivity index (χ0v) is 14.5. The second kappa shape index (κ2) is 7.99. The van der Waals surface area contributed by atoms with Crippen molar-refractivity contribution in [1.82, 2.24) is 5.32 Å². The van der Waals surface area contributed by atoms with Crippen molar-refractivity contribution in [2.45, 2.75) is 6.10 Å². The smallest absolute Gasteiger partial charge is 0.252 e. The van der Waals surface area contributed by atoms with Crippen molar-refractivity contribution in [1.29, 1.82) is 0 Å². The molecule has 1 atom stereocenters. The van der Waals surface area contributed by atoms with Crippen molar-refractivity contribution in [3.05, 3.63) is 58.1 Å². The Kier molecular flexibility index (Phi) is 6.01. The summed E-state index contributed by atoms with van der Waals surface area (Å²) in [5, 5.41) is 13.1. The van der Waals surface area contributed by atoms with Gasteiger partial charge < -0.3 is 19.9 Å². The molecule has 0 saturated carbocycles. The molecule has 122 valence electrons. The maximum atomic E-state index is 12.2. The minimum absolute atomic E-state index is 0.0592. The highest BCUT2D eigenvalue weighted by molar-refractivity contribution is 9.10. The minimum atomic E-state index is -0.911. The Bertz CT molecular complexity index is 690. The van der Waals surface area contributed by atoms with Gasteiger partial charge in [-0.1, -0.05) is 12.1 Å². The number of nitrogens with one attached hydrogen (secondary N) is 1. The molecule has 0 aliphatic rings. The largest absolute Gasteiger partial charge is 0.497 e. The average molecular weight is 380 g/mol. The van der Waals surface area contributed by atoms with Crippen LogP contribution < -0.4 is 14.8 Å². The molecule has 0 saturated heterocycles. The summed E-state index contributed by atoms with van der Waals surface area (Å²) in [5.74, 6) is 0.879. The molecule has 2 aromatic carbocycles. The topological polar surface area (TPSA) is 67.8 Å². The second-order valence-corrected chi connectivity index (χ2v) is 5.67. The number of aliphatic hydroxyl groups is 1. The highest BCUT2D eigenvalue weighted by atomic mass is 79.9. The predicted molar refractivity (Wildman–Crippen MR) is 91.0 cm³/mol. The van der Waals surface area contributed by atoms with Crippen LogP contribution >= 0.6 is 15.9 Å². The van der Waals surface area contributed by atoms with E-state index in [-0.39, 0.29) is 12.5 Å². The van der Waals surface area contributed by atoms with Gasteiger partial charge >= 0.3 is 0 Å². The molecule has 2 N–H and O–H groups in total. The van der Waals surface area contributed by atoms with Crippen molar-refractivity contribution in [3.8, 4) is 11.5 Å². The lowest BCUT2D eigenvalue weighted by molar-refractivity contribution is 0.0914. The van der Waals surface area contributed by atoms with Gasteiger partial charge in [0.15, 0.2) is 0 Å². The highest BCUT2D eigenvalue weighted by Gasteiger charge is 2.17. The zero-order valence-electron chi connectivity index (χ0n) is 12.9. The Balaban J connectivity index is 2.09. The molecule has 5 nitrogen and oxygen atoms in total. The highest BCUT2D eigenvalue weighted by Crippen LogP contribution is 2.29. The van der Waals surface area contributed by atoms with Crippen LogP contribution in [0.3, 0.4) is 0 Å². The van der Waals surface area contributed by atoms with Gasteiger partial charge in [0.25, 0.3) is 5.91 Å². The number of methoxy groups -OCH3 is 2. The predicted octanol–water partition coefficient (Wildman–Crippen LogP) is 2.93. The van der Waals surface area contributed by atoms with E-state index in [1.165, 1.54) is 7.11 Å². The molecule has 2 aromatic rings. The van der Waals surface area contributed by atoms with Crippen LogP contribution in [0.25, 0.3) is 0 Å². The van der Waals surface area contributed by atoms with Crippen LogP contribution in [-0.2, 0) is 0 Å². The Labute approximate surface area is 143 Å². The molecule has 0 bridgehead atoms. The van der Waals surface area contributed by atoms with Crippen LogP contribution in [0.2, 0.25) is 0 Å². The fourth-order valence-electron chi connectivity index (χ4n) is 2.14. The van der Waals surface area contributed by atoms with Crippen LogP contribution in [0.1, 0.15) is 22.0 Å². The summed E-state index contributed by atoms with van der Waals surface area (Å²) in [6, 6.07) is 12.3. The molecule has 0 radical (unpaired) electrons. The van der Waals surface area contributed by atoms with E-state index in [9.17, 15) is 9.90 Å². The van der Waals surface area contributed by atoms with Gasteiger partial charge in [-0.05, 0) is 46.3 Å². The molecule has 1 amide bonds. The van der Waals surface area contributed by atoms with Crippen molar-refractivity contribution >= 4 is 21.8 Å². The first-order chi connectivity index (χ1) is 11.1. The fraction of sp³-hybridized carbons (Fsp3) is 0.235. The number of carbonyl (C=O) groups excluding carboxylic acids is 1. The second-order valence-electron chi connectivity index (χ2n) is 4.81. The van der Waals surface area contributed by atoms with Gasteiger partial charge in [-0.15, -0.1) is 0 Å². The lowest BCUT2D eigenvalue weighted by Gasteiger charge is -2.16. The lowest BCUT2D eigenvalue weighted by Crippen LogP contribution is -2.28. The summed E-state index contributed by atoms with van der Waals surface area (Å²) in [5.41, 5.74) is 1.07. The number of aliphatic hydroxyl groups excluding tert-OH is 1. The van der Waals surface area contributed by atoms with Crippen LogP contribution in [0, 0.1) is 0 Å².